The molecule has 0 aromatic heterocycles. The molecule has 25 heavy (non-hydrogen) atoms. The second-order valence-corrected chi connectivity index (χ2v) is 5.77. The maximum atomic E-state index is 11.6. The van der Waals surface area contributed by atoms with E-state index in [0.717, 1.165) is 0 Å². The Morgan fingerprint density at radius 2 is 1.60 bits per heavy atom. The van der Waals surface area contributed by atoms with Crippen molar-refractivity contribution < 1.29 is 14.4 Å². The van der Waals surface area contributed by atoms with Crippen LogP contribution in [0, 0.1) is 6.92 Å². The van der Waals surface area contributed by atoms with Gasteiger partial charge in [-0.1, -0.05) is 25.1 Å². The van der Waals surface area contributed by atoms with E-state index in [9.17, 15) is 14.4 Å². The highest BCUT2D eigenvalue weighted by Crippen LogP contribution is 2.15. The van der Waals surface area contributed by atoms with Gasteiger partial charge in [0.25, 0.3) is 0 Å². The first kappa shape index (κ1) is 20.3. The van der Waals surface area contributed by atoms with Crippen LogP contribution in [0.2, 0.25) is 0 Å². The van der Waals surface area contributed by atoms with E-state index in [-0.39, 0.29) is 17.3 Å². The molecule has 0 spiro atoms. The summed E-state index contributed by atoms with van der Waals surface area (Å²) in [5.74, 6) is -0.391. The predicted molar refractivity (Wildman–Crippen MR) is 102 cm³/mol. The van der Waals surface area contributed by atoms with E-state index in [0.29, 0.717) is 23.1 Å². The molecule has 0 atom stereocenters. The number of anilines is 1. The fourth-order valence-corrected chi connectivity index (χ4v) is 2.29. The van der Waals surface area contributed by atoms with Gasteiger partial charge in [0.1, 0.15) is 0 Å². The summed E-state index contributed by atoms with van der Waals surface area (Å²) in [5.41, 5.74) is 3.66. The molecule has 0 saturated heterocycles. The number of carbonyl (C=O) groups excluding carboxylic acids is 3. The Balaban J connectivity index is 0.000000293. The monoisotopic (exact) mass is 339 g/mol. The topological polar surface area (TPSA) is 63.2 Å². The summed E-state index contributed by atoms with van der Waals surface area (Å²) in [5, 5.41) is 3.07. The molecule has 4 nitrogen and oxygen atoms in total. The number of nitrogens with one attached hydrogen (secondary N) is 1. The summed E-state index contributed by atoms with van der Waals surface area (Å²) < 4.78 is 0. The third kappa shape index (κ3) is 5.99. The van der Waals surface area contributed by atoms with Crippen LogP contribution < -0.4 is 5.32 Å². The minimum atomic E-state index is -0.195. The van der Waals surface area contributed by atoms with Gasteiger partial charge in [-0.25, -0.2) is 0 Å². The summed E-state index contributed by atoms with van der Waals surface area (Å²) in [4.78, 5) is 34.2. The molecule has 0 aliphatic carbocycles. The Morgan fingerprint density at radius 3 is 2.04 bits per heavy atom. The van der Waals surface area contributed by atoms with Crippen LogP contribution in [0.5, 0.6) is 0 Å². The molecular formula is C21H25NO3. The van der Waals surface area contributed by atoms with E-state index >= 15 is 0 Å². The van der Waals surface area contributed by atoms with Crippen LogP contribution in [0.3, 0.4) is 0 Å². The molecule has 2 aromatic rings. The Morgan fingerprint density at radius 1 is 0.920 bits per heavy atom. The predicted octanol–water partition coefficient (Wildman–Crippen LogP) is 4.72. The van der Waals surface area contributed by atoms with E-state index in [2.05, 4.69) is 24.4 Å². The molecule has 132 valence electrons. The van der Waals surface area contributed by atoms with Crippen molar-refractivity contribution in [2.45, 2.75) is 34.1 Å². The van der Waals surface area contributed by atoms with Crippen molar-refractivity contribution in [1.29, 1.82) is 0 Å². The zero-order chi connectivity index (χ0) is 19.0. The van der Waals surface area contributed by atoms with Gasteiger partial charge in [0.05, 0.1) is 0 Å². The van der Waals surface area contributed by atoms with Crippen molar-refractivity contribution in [3.8, 4) is 0 Å². The maximum absolute atomic E-state index is 11.6. The summed E-state index contributed by atoms with van der Waals surface area (Å²) in [7, 11) is 1.93. The lowest BCUT2D eigenvalue weighted by Crippen LogP contribution is -2.08. The minimum Gasteiger partial charge on any atom is -0.388 e. The highest BCUT2D eigenvalue weighted by Gasteiger charge is 2.14. The zero-order valence-electron chi connectivity index (χ0n) is 15.5. The van der Waals surface area contributed by atoms with Gasteiger partial charge in [-0.15, -0.1) is 0 Å². The minimum absolute atomic E-state index is 0.0831. The van der Waals surface area contributed by atoms with Gasteiger partial charge in [0, 0.05) is 35.8 Å². The number of benzene rings is 2. The third-order valence-electron chi connectivity index (χ3n) is 3.73. The molecule has 2 aromatic carbocycles. The number of aryl methyl sites for hydroxylation is 1. The molecule has 0 bridgehead atoms. The molecule has 0 saturated carbocycles. The summed E-state index contributed by atoms with van der Waals surface area (Å²) in [6.07, 6.45) is 0.347. The average molecular weight is 339 g/mol. The first-order valence-corrected chi connectivity index (χ1v) is 8.23. The molecule has 4 heteroatoms. The smallest absolute Gasteiger partial charge is 0.163 e. The SMILES string of the molecule is CCC(=O)c1ccc(C(C)=O)cc1C(C)=O.CNc1cccc(C)c1. The van der Waals surface area contributed by atoms with E-state index in [1.165, 1.54) is 31.2 Å². The third-order valence-corrected chi connectivity index (χ3v) is 3.73. The molecule has 1 N–H and O–H groups in total. The van der Waals surface area contributed by atoms with E-state index < -0.39 is 0 Å². The Hall–Kier alpha value is -2.75. The lowest BCUT2D eigenvalue weighted by atomic mass is 9.96. The van der Waals surface area contributed by atoms with Crippen molar-refractivity contribution in [2.24, 2.45) is 0 Å². The Bertz CT molecular complexity index is 778. The Labute approximate surface area is 149 Å². The second-order valence-electron chi connectivity index (χ2n) is 5.77. The highest BCUT2D eigenvalue weighted by molar-refractivity contribution is 6.09. The van der Waals surface area contributed by atoms with Crippen LogP contribution in [-0.4, -0.2) is 24.4 Å². The molecule has 0 heterocycles. The largest absolute Gasteiger partial charge is 0.388 e. The van der Waals surface area contributed by atoms with Crippen molar-refractivity contribution in [3.05, 3.63) is 64.7 Å². The van der Waals surface area contributed by atoms with Gasteiger partial charge in [0.2, 0.25) is 0 Å². The van der Waals surface area contributed by atoms with E-state index in [1.54, 1.807) is 19.1 Å². The lowest BCUT2D eigenvalue weighted by Gasteiger charge is -2.06. The average Bonchev–Trinajstić information content (AvgIpc) is 2.60. The van der Waals surface area contributed by atoms with Gasteiger partial charge in [-0.2, -0.15) is 0 Å². The summed E-state index contributed by atoms with van der Waals surface area (Å²) in [6, 6.07) is 12.9. The standard InChI is InChI=1S/C13H14O3.C8H11N/c1-4-13(16)11-6-5-10(8(2)14)7-12(11)9(3)15;1-7-4-3-5-8(6-7)9-2/h5-7H,4H2,1-3H3;3-6,9H,1-2H3. The molecule has 0 aliphatic rings. The normalized spacial score (nSPS) is 9.64. The molecule has 0 radical (unpaired) electrons. The van der Waals surface area contributed by atoms with Crippen LogP contribution in [0.25, 0.3) is 0 Å². The molecule has 0 unspecified atom stereocenters. The fourth-order valence-electron chi connectivity index (χ4n) is 2.29. The number of hydrogen-bond acceptors (Lipinski definition) is 4. The summed E-state index contributed by atoms with van der Waals surface area (Å²) in [6.45, 7) is 6.65. The number of hydrogen-bond donors (Lipinski definition) is 1. The van der Waals surface area contributed by atoms with Gasteiger partial charge >= 0.3 is 0 Å². The number of Topliss-reactive ketones (excluding diaryl/α,β-unsaturated/α-hetero) is 3. The van der Waals surface area contributed by atoms with Gasteiger partial charge in [-0.3, -0.25) is 14.4 Å². The first-order valence-electron chi connectivity index (χ1n) is 8.23. The first-order chi connectivity index (χ1) is 11.8. The zero-order valence-corrected chi connectivity index (χ0v) is 15.5. The van der Waals surface area contributed by atoms with Crippen molar-refractivity contribution in [2.75, 3.05) is 12.4 Å². The van der Waals surface area contributed by atoms with Gasteiger partial charge < -0.3 is 5.32 Å². The van der Waals surface area contributed by atoms with Crippen LogP contribution in [0.15, 0.2) is 42.5 Å². The molecular weight excluding hydrogens is 314 g/mol. The van der Waals surface area contributed by atoms with Crippen molar-refractivity contribution in [1.82, 2.24) is 0 Å². The second kappa shape index (κ2) is 9.52. The van der Waals surface area contributed by atoms with Crippen LogP contribution in [0.1, 0.15) is 63.8 Å². The van der Waals surface area contributed by atoms with Crippen LogP contribution in [-0.2, 0) is 0 Å². The Kier molecular flexibility index (Phi) is 7.73. The fraction of sp³-hybridized carbons (Fsp3) is 0.286. The maximum Gasteiger partial charge on any atom is 0.163 e. The van der Waals surface area contributed by atoms with E-state index in [1.807, 2.05) is 19.2 Å². The van der Waals surface area contributed by atoms with Gasteiger partial charge in [-0.05, 0) is 50.6 Å². The molecule has 0 amide bonds. The molecule has 2 rings (SSSR count). The van der Waals surface area contributed by atoms with Crippen molar-refractivity contribution in [3.63, 3.8) is 0 Å². The quantitative estimate of drug-likeness (QED) is 0.801. The molecule has 0 fully saturated rings. The molecule has 0 aliphatic heterocycles. The van der Waals surface area contributed by atoms with Crippen LogP contribution >= 0.6 is 0 Å². The number of ketones is 3. The summed E-state index contributed by atoms with van der Waals surface area (Å²) >= 11 is 0. The highest BCUT2D eigenvalue weighted by atomic mass is 16.1. The van der Waals surface area contributed by atoms with E-state index in [4.69, 9.17) is 0 Å². The van der Waals surface area contributed by atoms with Crippen molar-refractivity contribution >= 4 is 23.0 Å². The lowest BCUT2D eigenvalue weighted by molar-refractivity contribution is 0.0964. The van der Waals surface area contributed by atoms with Gasteiger partial charge in [0.15, 0.2) is 17.3 Å². The number of carbonyl (C=O) groups is 3. The van der Waals surface area contributed by atoms with Crippen LogP contribution in [0.4, 0.5) is 5.69 Å². The number of rotatable bonds is 5.